The summed E-state index contributed by atoms with van der Waals surface area (Å²) in [6, 6.07) is 5.82. The summed E-state index contributed by atoms with van der Waals surface area (Å²) in [6.45, 7) is 7.98. The molecule has 0 spiro atoms. The van der Waals surface area contributed by atoms with Crippen LogP contribution in [0, 0.1) is 19.8 Å². The maximum absolute atomic E-state index is 11.1. The van der Waals surface area contributed by atoms with E-state index in [4.69, 9.17) is 5.11 Å². The number of hydrogen-bond donors (Lipinski definition) is 1. The molecule has 0 fully saturated rings. The van der Waals surface area contributed by atoms with Crippen LogP contribution >= 0.6 is 0 Å². The van der Waals surface area contributed by atoms with Crippen LogP contribution in [0.3, 0.4) is 0 Å². The van der Waals surface area contributed by atoms with Gasteiger partial charge in [-0.15, -0.1) is 5.10 Å². The molecule has 0 amide bonds. The predicted octanol–water partition coefficient (Wildman–Crippen LogP) is 2.63. The van der Waals surface area contributed by atoms with Gasteiger partial charge in [0.05, 0.1) is 12.5 Å². The molecular weight excluding hydrogens is 268 g/mol. The lowest BCUT2D eigenvalue weighted by atomic mass is 10.0. The van der Waals surface area contributed by atoms with Gasteiger partial charge in [0, 0.05) is 5.56 Å². The van der Waals surface area contributed by atoms with E-state index in [2.05, 4.69) is 21.6 Å². The standard InChI is InChI=1S/C15H20N4O2/c1-9(2)13(8-14(20)21)19-15(16-17-18-19)12-6-10(3)5-11(4)7-12/h5-7,9,13H,8H2,1-4H3,(H,20,21). The Morgan fingerprint density at radius 1 is 1.24 bits per heavy atom. The Hall–Kier alpha value is -2.24. The number of carboxylic acid groups (broad SMARTS) is 1. The van der Waals surface area contributed by atoms with Crippen molar-refractivity contribution in [1.82, 2.24) is 20.2 Å². The highest BCUT2D eigenvalue weighted by atomic mass is 16.4. The van der Waals surface area contributed by atoms with E-state index in [0.717, 1.165) is 16.7 Å². The summed E-state index contributed by atoms with van der Waals surface area (Å²) in [5.41, 5.74) is 3.16. The fourth-order valence-corrected chi connectivity index (χ4v) is 2.49. The first kappa shape index (κ1) is 15.2. The van der Waals surface area contributed by atoms with E-state index >= 15 is 0 Å². The average molecular weight is 288 g/mol. The van der Waals surface area contributed by atoms with Crippen LogP contribution in [0.15, 0.2) is 18.2 Å². The van der Waals surface area contributed by atoms with Crippen molar-refractivity contribution in [3.8, 4) is 11.4 Å². The van der Waals surface area contributed by atoms with E-state index in [1.165, 1.54) is 0 Å². The van der Waals surface area contributed by atoms with E-state index in [-0.39, 0.29) is 18.4 Å². The molecule has 6 heteroatoms. The zero-order valence-corrected chi connectivity index (χ0v) is 12.7. The van der Waals surface area contributed by atoms with Crippen molar-refractivity contribution in [2.45, 2.75) is 40.2 Å². The second-order valence-corrected chi connectivity index (χ2v) is 5.73. The smallest absolute Gasteiger partial charge is 0.305 e. The summed E-state index contributed by atoms with van der Waals surface area (Å²) in [5, 5.41) is 20.9. The van der Waals surface area contributed by atoms with Gasteiger partial charge < -0.3 is 5.11 Å². The number of tetrazole rings is 1. The van der Waals surface area contributed by atoms with Crippen LogP contribution in [0.2, 0.25) is 0 Å². The maximum atomic E-state index is 11.1. The van der Waals surface area contributed by atoms with E-state index < -0.39 is 5.97 Å². The van der Waals surface area contributed by atoms with Crippen molar-refractivity contribution in [1.29, 1.82) is 0 Å². The van der Waals surface area contributed by atoms with Gasteiger partial charge >= 0.3 is 5.97 Å². The minimum absolute atomic E-state index is 0.000501. The second kappa shape index (κ2) is 6.03. The summed E-state index contributed by atoms with van der Waals surface area (Å²) in [5.74, 6) is -0.119. The number of carbonyl (C=O) groups is 1. The lowest BCUT2D eigenvalue weighted by Crippen LogP contribution is -2.21. The van der Waals surface area contributed by atoms with Gasteiger partial charge in [0.15, 0.2) is 5.82 Å². The molecule has 0 aliphatic rings. The number of aromatic nitrogens is 4. The van der Waals surface area contributed by atoms with E-state index in [9.17, 15) is 4.79 Å². The second-order valence-electron chi connectivity index (χ2n) is 5.73. The SMILES string of the molecule is Cc1cc(C)cc(-c2nnnn2C(CC(=O)O)C(C)C)c1. The molecule has 1 aromatic heterocycles. The number of hydrogen-bond acceptors (Lipinski definition) is 4. The third-order valence-electron chi connectivity index (χ3n) is 3.44. The van der Waals surface area contributed by atoms with Gasteiger partial charge in [-0.2, -0.15) is 0 Å². The number of benzene rings is 1. The summed E-state index contributed by atoms with van der Waals surface area (Å²) < 4.78 is 1.63. The first-order valence-electron chi connectivity index (χ1n) is 6.97. The molecule has 1 N–H and O–H groups in total. The molecule has 2 aromatic rings. The normalized spacial score (nSPS) is 12.6. The summed E-state index contributed by atoms with van der Waals surface area (Å²) in [6.07, 6.45) is 0.000501. The summed E-state index contributed by atoms with van der Waals surface area (Å²) >= 11 is 0. The van der Waals surface area contributed by atoms with Gasteiger partial charge in [-0.25, -0.2) is 4.68 Å². The number of aryl methyl sites for hydroxylation is 2. The van der Waals surface area contributed by atoms with Crippen LogP contribution in [0.5, 0.6) is 0 Å². The monoisotopic (exact) mass is 288 g/mol. The molecule has 0 saturated heterocycles. The highest BCUT2D eigenvalue weighted by Crippen LogP contribution is 2.27. The van der Waals surface area contributed by atoms with Crippen LogP contribution in [-0.2, 0) is 4.79 Å². The Bertz CT molecular complexity index is 629. The van der Waals surface area contributed by atoms with Gasteiger partial charge in [0.25, 0.3) is 0 Å². The van der Waals surface area contributed by atoms with Gasteiger partial charge in [0.1, 0.15) is 0 Å². The van der Waals surface area contributed by atoms with Crippen molar-refractivity contribution < 1.29 is 9.90 Å². The topological polar surface area (TPSA) is 80.9 Å². The Kier molecular flexibility index (Phi) is 4.35. The Morgan fingerprint density at radius 2 is 1.86 bits per heavy atom. The number of carboxylic acids is 1. The average Bonchev–Trinajstić information content (AvgIpc) is 2.82. The maximum Gasteiger partial charge on any atom is 0.305 e. The van der Waals surface area contributed by atoms with Crippen LogP contribution in [0.25, 0.3) is 11.4 Å². The molecule has 0 aliphatic carbocycles. The molecule has 0 saturated carbocycles. The fraction of sp³-hybridized carbons (Fsp3) is 0.467. The predicted molar refractivity (Wildman–Crippen MR) is 78.9 cm³/mol. The highest BCUT2D eigenvalue weighted by molar-refractivity contribution is 5.67. The molecule has 0 radical (unpaired) electrons. The fourth-order valence-electron chi connectivity index (χ4n) is 2.49. The largest absolute Gasteiger partial charge is 0.481 e. The quantitative estimate of drug-likeness (QED) is 0.914. The van der Waals surface area contributed by atoms with Crippen LogP contribution < -0.4 is 0 Å². The van der Waals surface area contributed by atoms with Gasteiger partial charge in [0.2, 0.25) is 0 Å². The van der Waals surface area contributed by atoms with Crippen molar-refractivity contribution >= 4 is 5.97 Å². The van der Waals surface area contributed by atoms with Gasteiger partial charge in [-0.1, -0.05) is 31.0 Å². The third kappa shape index (κ3) is 3.45. The summed E-state index contributed by atoms with van der Waals surface area (Å²) in [7, 11) is 0. The van der Waals surface area contributed by atoms with Gasteiger partial charge in [-0.05, 0) is 42.3 Å². The number of rotatable bonds is 5. The molecule has 1 aromatic carbocycles. The highest BCUT2D eigenvalue weighted by Gasteiger charge is 2.24. The summed E-state index contributed by atoms with van der Waals surface area (Å²) in [4.78, 5) is 11.1. The minimum atomic E-state index is -0.851. The van der Waals surface area contributed by atoms with E-state index in [0.29, 0.717) is 5.82 Å². The van der Waals surface area contributed by atoms with Crippen molar-refractivity contribution in [2.24, 2.45) is 5.92 Å². The molecular formula is C15H20N4O2. The van der Waals surface area contributed by atoms with Crippen molar-refractivity contribution in [3.05, 3.63) is 29.3 Å². The molecule has 112 valence electrons. The first-order chi connectivity index (χ1) is 9.88. The Morgan fingerprint density at radius 3 is 2.38 bits per heavy atom. The molecule has 1 heterocycles. The van der Waals surface area contributed by atoms with E-state index in [1.54, 1.807) is 4.68 Å². The zero-order chi connectivity index (χ0) is 15.6. The van der Waals surface area contributed by atoms with E-state index in [1.807, 2.05) is 39.8 Å². The van der Waals surface area contributed by atoms with Crippen LogP contribution in [-0.4, -0.2) is 31.3 Å². The van der Waals surface area contributed by atoms with Crippen LogP contribution in [0.4, 0.5) is 0 Å². The molecule has 1 atom stereocenters. The molecule has 0 bridgehead atoms. The third-order valence-corrected chi connectivity index (χ3v) is 3.44. The lowest BCUT2D eigenvalue weighted by molar-refractivity contribution is -0.138. The minimum Gasteiger partial charge on any atom is -0.481 e. The molecule has 6 nitrogen and oxygen atoms in total. The van der Waals surface area contributed by atoms with Crippen LogP contribution in [0.1, 0.15) is 37.4 Å². The molecule has 2 rings (SSSR count). The van der Waals surface area contributed by atoms with Crippen molar-refractivity contribution in [3.63, 3.8) is 0 Å². The number of nitrogens with zero attached hydrogens (tertiary/aromatic N) is 4. The lowest BCUT2D eigenvalue weighted by Gasteiger charge is -2.20. The first-order valence-corrected chi connectivity index (χ1v) is 6.97. The molecule has 21 heavy (non-hydrogen) atoms. The Balaban J connectivity index is 2.47. The Labute approximate surface area is 123 Å². The van der Waals surface area contributed by atoms with Crippen molar-refractivity contribution in [2.75, 3.05) is 0 Å². The zero-order valence-electron chi connectivity index (χ0n) is 12.7. The molecule has 0 aliphatic heterocycles. The number of aliphatic carboxylic acids is 1. The van der Waals surface area contributed by atoms with Gasteiger partial charge in [-0.3, -0.25) is 4.79 Å². The molecule has 1 unspecified atom stereocenters.